The van der Waals surface area contributed by atoms with Gasteiger partial charge in [0.15, 0.2) is 0 Å². The van der Waals surface area contributed by atoms with E-state index in [1.165, 1.54) is 11.3 Å². The lowest BCUT2D eigenvalue weighted by Gasteiger charge is -2.05. The minimum atomic E-state index is -0.0287. The summed E-state index contributed by atoms with van der Waals surface area (Å²) in [6, 6.07) is 15.5. The number of ether oxygens (including phenoxy) is 1. The second-order valence-corrected chi connectivity index (χ2v) is 5.86. The Labute approximate surface area is 144 Å². The maximum Gasteiger partial charge on any atom is 0.261 e. The first-order valence-electron chi connectivity index (χ1n) is 7.13. The third kappa shape index (κ3) is 4.68. The van der Waals surface area contributed by atoms with Gasteiger partial charge in [0.05, 0.1) is 11.5 Å². The van der Waals surface area contributed by atoms with Crippen molar-refractivity contribution in [3.8, 4) is 5.88 Å². The van der Waals surface area contributed by atoms with Gasteiger partial charge in [-0.1, -0.05) is 24.3 Å². The van der Waals surface area contributed by atoms with Gasteiger partial charge >= 0.3 is 0 Å². The summed E-state index contributed by atoms with van der Waals surface area (Å²) in [6.45, 7) is 1.11. The van der Waals surface area contributed by atoms with E-state index in [2.05, 4.69) is 10.3 Å². The zero-order valence-corrected chi connectivity index (χ0v) is 14.0. The van der Waals surface area contributed by atoms with Crippen LogP contribution in [0.5, 0.6) is 5.88 Å². The minimum Gasteiger partial charge on any atom is -0.478 e. The number of nitrogens with zero attached hydrogens (tertiary/aromatic N) is 1. The van der Waals surface area contributed by atoms with Crippen molar-refractivity contribution < 1.29 is 9.53 Å². The lowest BCUT2D eigenvalue weighted by Crippen LogP contribution is -2.24. The molecule has 120 valence electrons. The van der Waals surface area contributed by atoms with Crippen molar-refractivity contribution >= 4 is 39.7 Å². The Balaban J connectivity index is 0.00000192. The second-order valence-electron chi connectivity index (χ2n) is 4.77. The van der Waals surface area contributed by atoms with E-state index in [1.807, 2.05) is 48.5 Å². The predicted molar refractivity (Wildman–Crippen MR) is 95.8 cm³/mol. The van der Waals surface area contributed by atoms with Crippen LogP contribution < -0.4 is 10.1 Å². The van der Waals surface area contributed by atoms with Gasteiger partial charge in [0.25, 0.3) is 5.91 Å². The number of aromatic nitrogens is 1. The topological polar surface area (TPSA) is 51.2 Å². The van der Waals surface area contributed by atoms with Gasteiger partial charge in [-0.15, -0.1) is 23.7 Å². The van der Waals surface area contributed by atoms with Gasteiger partial charge in [-0.25, -0.2) is 4.98 Å². The standard InChI is InChI=1S/C17H16N2O2S.ClH/c20-17(15-12-13-6-1-2-7-14(13)22-15)19-10-5-11-21-16-8-3-4-9-18-16;/h1-4,6-9,12H,5,10-11H2,(H,19,20);1H. The van der Waals surface area contributed by atoms with Gasteiger partial charge in [-0.3, -0.25) is 4.79 Å². The number of halogens is 1. The minimum absolute atomic E-state index is 0. The van der Waals surface area contributed by atoms with Crippen molar-refractivity contribution in [1.82, 2.24) is 10.3 Å². The number of amides is 1. The van der Waals surface area contributed by atoms with E-state index < -0.39 is 0 Å². The molecule has 1 amide bonds. The van der Waals surface area contributed by atoms with Gasteiger partial charge in [0.1, 0.15) is 0 Å². The quantitative estimate of drug-likeness (QED) is 0.687. The smallest absolute Gasteiger partial charge is 0.261 e. The van der Waals surface area contributed by atoms with Crippen LogP contribution in [0.2, 0.25) is 0 Å². The Morgan fingerprint density at radius 3 is 2.78 bits per heavy atom. The highest BCUT2D eigenvalue weighted by atomic mass is 35.5. The van der Waals surface area contributed by atoms with Crippen LogP contribution in [0.15, 0.2) is 54.7 Å². The molecule has 0 saturated heterocycles. The van der Waals surface area contributed by atoms with Crippen molar-refractivity contribution in [3.05, 3.63) is 59.6 Å². The van der Waals surface area contributed by atoms with E-state index in [-0.39, 0.29) is 18.3 Å². The van der Waals surface area contributed by atoms with Gasteiger partial charge in [0.2, 0.25) is 5.88 Å². The van der Waals surface area contributed by atoms with E-state index in [1.54, 1.807) is 6.20 Å². The van der Waals surface area contributed by atoms with Crippen molar-refractivity contribution in [2.75, 3.05) is 13.2 Å². The van der Waals surface area contributed by atoms with Crippen LogP contribution in [-0.4, -0.2) is 24.0 Å². The second kappa shape index (κ2) is 8.50. The normalized spacial score (nSPS) is 10.1. The van der Waals surface area contributed by atoms with Crippen molar-refractivity contribution in [2.45, 2.75) is 6.42 Å². The average molecular weight is 349 g/mol. The largest absolute Gasteiger partial charge is 0.478 e. The van der Waals surface area contributed by atoms with E-state index in [0.29, 0.717) is 19.0 Å². The summed E-state index contributed by atoms with van der Waals surface area (Å²) >= 11 is 1.51. The number of rotatable bonds is 6. The van der Waals surface area contributed by atoms with Gasteiger partial charge < -0.3 is 10.1 Å². The Morgan fingerprint density at radius 1 is 1.17 bits per heavy atom. The first-order chi connectivity index (χ1) is 10.8. The third-order valence-electron chi connectivity index (χ3n) is 3.14. The lowest BCUT2D eigenvalue weighted by atomic mass is 10.2. The number of carbonyl (C=O) groups excluding carboxylic acids is 1. The molecule has 4 nitrogen and oxygen atoms in total. The first-order valence-corrected chi connectivity index (χ1v) is 7.95. The number of pyridine rings is 1. The zero-order valence-electron chi connectivity index (χ0n) is 12.4. The third-order valence-corrected chi connectivity index (χ3v) is 4.26. The molecule has 0 aliphatic rings. The first kappa shape index (κ1) is 17.2. The maximum atomic E-state index is 12.1. The summed E-state index contributed by atoms with van der Waals surface area (Å²) in [4.78, 5) is 16.9. The van der Waals surface area contributed by atoms with Crippen LogP contribution in [0.3, 0.4) is 0 Å². The molecule has 0 fully saturated rings. The van der Waals surface area contributed by atoms with E-state index in [9.17, 15) is 4.79 Å². The van der Waals surface area contributed by atoms with Crippen LogP contribution >= 0.6 is 23.7 Å². The molecule has 0 spiro atoms. The summed E-state index contributed by atoms with van der Waals surface area (Å²) in [5.74, 6) is 0.581. The summed E-state index contributed by atoms with van der Waals surface area (Å²) in [5, 5.41) is 4.02. The summed E-state index contributed by atoms with van der Waals surface area (Å²) in [6.07, 6.45) is 2.44. The van der Waals surface area contributed by atoms with Crippen LogP contribution in [0.4, 0.5) is 0 Å². The van der Waals surface area contributed by atoms with Crippen molar-refractivity contribution in [2.24, 2.45) is 0 Å². The number of hydrogen-bond donors (Lipinski definition) is 1. The number of carbonyl (C=O) groups is 1. The molecule has 0 unspecified atom stereocenters. The molecule has 1 aromatic carbocycles. The molecule has 0 atom stereocenters. The fourth-order valence-corrected chi connectivity index (χ4v) is 3.04. The number of benzene rings is 1. The molecule has 0 aliphatic carbocycles. The average Bonchev–Trinajstić information content (AvgIpc) is 2.99. The molecule has 0 radical (unpaired) electrons. The number of nitrogens with one attached hydrogen (secondary N) is 1. The Bertz CT molecular complexity index is 728. The monoisotopic (exact) mass is 348 g/mol. The van der Waals surface area contributed by atoms with Crippen LogP contribution in [0.1, 0.15) is 16.1 Å². The maximum absolute atomic E-state index is 12.1. The molecule has 0 bridgehead atoms. The molecule has 0 aliphatic heterocycles. The molecule has 1 N–H and O–H groups in total. The Kier molecular flexibility index (Phi) is 6.38. The van der Waals surface area contributed by atoms with Crippen LogP contribution in [0.25, 0.3) is 10.1 Å². The summed E-state index contributed by atoms with van der Waals surface area (Å²) in [5.41, 5.74) is 0. The molecule has 3 rings (SSSR count). The number of hydrogen-bond acceptors (Lipinski definition) is 4. The molecule has 23 heavy (non-hydrogen) atoms. The predicted octanol–water partition coefficient (Wildman–Crippen LogP) is 3.92. The van der Waals surface area contributed by atoms with Crippen LogP contribution in [-0.2, 0) is 0 Å². The molecular formula is C17H17ClN2O2S. The Hall–Kier alpha value is -2.11. The molecular weight excluding hydrogens is 332 g/mol. The lowest BCUT2D eigenvalue weighted by molar-refractivity contribution is 0.0955. The zero-order chi connectivity index (χ0) is 15.2. The van der Waals surface area contributed by atoms with Crippen LogP contribution in [0, 0.1) is 0 Å². The number of fused-ring (bicyclic) bond motifs is 1. The van der Waals surface area contributed by atoms with E-state index in [4.69, 9.17) is 4.74 Å². The van der Waals surface area contributed by atoms with Gasteiger partial charge in [-0.05, 0) is 30.0 Å². The number of thiophene rings is 1. The Morgan fingerprint density at radius 2 is 2.00 bits per heavy atom. The fourth-order valence-electron chi connectivity index (χ4n) is 2.06. The van der Waals surface area contributed by atoms with E-state index >= 15 is 0 Å². The van der Waals surface area contributed by atoms with Crippen molar-refractivity contribution in [3.63, 3.8) is 0 Å². The van der Waals surface area contributed by atoms with Gasteiger partial charge in [-0.2, -0.15) is 0 Å². The molecule has 3 aromatic rings. The highest BCUT2D eigenvalue weighted by molar-refractivity contribution is 7.20. The molecule has 2 heterocycles. The molecule has 0 saturated carbocycles. The summed E-state index contributed by atoms with van der Waals surface area (Å²) in [7, 11) is 0. The fraction of sp³-hybridized carbons (Fsp3) is 0.176. The van der Waals surface area contributed by atoms with Crippen molar-refractivity contribution in [1.29, 1.82) is 0 Å². The highest BCUT2D eigenvalue weighted by Crippen LogP contribution is 2.24. The molecule has 6 heteroatoms. The van der Waals surface area contributed by atoms with Gasteiger partial charge in [0, 0.05) is 23.5 Å². The molecule has 2 aromatic heterocycles. The van der Waals surface area contributed by atoms with E-state index in [0.717, 1.165) is 21.4 Å². The highest BCUT2D eigenvalue weighted by Gasteiger charge is 2.09. The SMILES string of the molecule is Cl.O=C(NCCCOc1ccccn1)c1cc2ccccc2s1. The summed E-state index contributed by atoms with van der Waals surface area (Å²) < 4.78 is 6.61.